The molecule has 1 aromatic rings. The predicted molar refractivity (Wildman–Crippen MR) is 75.5 cm³/mol. The van der Waals surface area contributed by atoms with Gasteiger partial charge in [0.25, 0.3) is 0 Å². The molecule has 5 nitrogen and oxygen atoms in total. The number of hydrogen-bond acceptors (Lipinski definition) is 5. The van der Waals surface area contributed by atoms with Gasteiger partial charge in [-0.1, -0.05) is 12.5 Å². The van der Waals surface area contributed by atoms with E-state index in [4.69, 9.17) is 9.47 Å². The van der Waals surface area contributed by atoms with Crippen molar-refractivity contribution in [1.29, 1.82) is 0 Å². The topological polar surface area (TPSA) is 51.7 Å². The fourth-order valence-electron chi connectivity index (χ4n) is 2.72. The van der Waals surface area contributed by atoms with E-state index in [9.17, 15) is 4.79 Å². The highest BCUT2D eigenvalue weighted by Gasteiger charge is 2.25. The van der Waals surface area contributed by atoms with Crippen LogP contribution in [0.3, 0.4) is 0 Å². The first kappa shape index (κ1) is 14.8. The number of pyridine rings is 1. The van der Waals surface area contributed by atoms with Gasteiger partial charge in [0, 0.05) is 24.3 Å². The van der Waals surface area contributed by atoms with Gasteiger partial charge in [0.2, 0.25) is 5.88 Å². The largest absolute Gasteiger partial charge is 0.481 e. The van der Waals surface area contributed by atoms with E-state index in [0.717, 1.165) is 25.1 Å². The number of methoxy groups -OCH3 is 2. The maximum Gasteiger partial charge on any atom is 0.307 e. The van der Waals surface area contributed by atoms with Crippen molar-refractivity contribution in [2.75, 3.05) is 20.8 Å². The summed E-state index contributed by atoms with van der Waals surface area (Å²) in [6, 6.07) is 4.19. The number of ether oxygens (including phenoxy) is 2. The summed E-state index contributed by atoms with van der Waals surface area (Å²) in [4.78, 5) is 18.1. The van der Waals surface area contributed by atoms with E-state index in [-0.39, 0.29) is 12.0 Å². The first-order valence-electron chi connectivity index (χ1n) is 7.03. The van der Waals surface area contributed by atoms with Crippen molar-refractivity contribution in [2.45, 2.75) is 38.3 Å². The van der Waals surface area contributed by atoms with Crippen LogP contribution in [0.1, 0.15) is 31.2 Å². The predicted octanol–water partition coefficient (Wildman–Crippen LogP) is 2.01. The quantitative estimate of drug-likeness (QED) is 0.771. The smallest absolute Gasteiger partial charge is 0.307 e. The number of esters is 1. The monoisotopic (exact) mass is 278 g/mol. The molecule has 1 atom stereocenters. The van der Waals surface area contributed by atoms with Crippen LogP contribution in [-0.4, -0.2) is 42.7 Å². The SMILES string of the molecule is COC(=O)CC1CCCCN1Cc1cccnc1OC. The zero-order valence-corrected chi connectivity index (χ0v) is 12.2. The lowest BCUT2D eigenvalue weighted by molar-refractivity contribution is -0.142. The Morgan fingerprint density at radius 2 is 2.30 bits per heavy atom. The van der Waals surface area contributed by atoms with Crippen molar-refractivity contribution in [1.82, 2.24) is 9.88 Å². The van der Waals surface area contributed by atoms with Crippen molar-refractivity contribution in [3.63, 3.8) is 0 Å². The molecule has 0 aliphatic carbocycles. The third-order valence-electron chi connectivity index (χ3n) is 3.80. The third-order valence-corrected chi connectivity index (χ3v) is 3.80. The van der Waals surface area contributed by atoms with E-state index < -0.39 is 0 Å². The molecule has 0 bridgehead atoms. The zero-order valence-electron chi connectivity index (χ0n) is 12.2. The lowest BCUT2D eigenvalue weighted by Gasteiger charge is -2.35. The van der Waals surface area contributed by atoms with Gasteiger partial charge in [0.1, 0.15) is 0 Å². The maximum absolute atomic E-state index is 11.5. The van der Waals surface area contributed by atoms with Crippen molar-refractivity contribution in [3.8, 4) is 5.88 Å². The Kier molecular flexibility index (Phi) is 5.35. The molecule has 1 fully saturated rings. The van der Waals surface area contributed by atoms with Crippen molar-refractivity contribution >= 4 is 5.97 Å². The summed E-state index contributed by atoms with van der Waals surface area (Å²) < 4.78 is 10.1. The Hall–Kier alpha value is -1.62. The molecule has 1 aromatic heterocycles. The van der Waals surface area contributed by atoms with Crippen LogP contribution in [-0.2, 0) is 16.1 Å². The summed E-state index contributed by atoms with van der Waals surface area (Å²) >= 11 is 0. The second kappa shape index (κ2) is 7.24. The third kappa shape index (κ3) is 3.70. The number of piperidine rings is 1. The molecule has 1 saturated heterocycles. The molecule has 1 unspecified atom stereocenters. The van der Waals surface area contributed by atoms with Crippen LogP contribution < -0.4 is 4.74 Å². The van der Waals surface area contributed by atoms with Gasteiger partial charge in [0.15, 0.2) is 0 Å². The van der Waals surface area contributed by atoms with E-state index >= 15 is 0 Å². The number of hydrogen-bond donors (Lipinski definition) is 0. The zero-order chi connectivity index (χ0) is 14.4. The number of likely N-dealkylation sites (tertiary alicyclic amines) is 1. The Morgan fingerprint density at radius 3 is 3.05 bits per heavy atom. The van der Waals surface area contributed by atoms with Crippen molar-refractivity contribution in [2.24, 2.45) is 0 Å². The van der Waals surface area contributed by atoms with Gasteiger partial charge in [0.05, 0.1) is 20.6 Å². The summed E-state index contributed by atoms with van der Waals surface area (Å²) in [5.74, 6) is 0.523. The molecular weight excluding hydrogens is 256 g/mol. The van der Waals surface area contributed by atoms with Crippen molar-refractivity contribution in [3.05, 3.63) is 23.9 Å². The van der Waals surface area contributed by atoms with Gasteiger partial charge in [-0.05, 0) is 25.5 Å². The molecule has 5 heteroatoms. The van der Waals surface area contributed by atoms with Crippen LogP contribution in [0.15, 0.2) is 18.3 Å². The molecule has 1 aliphatic rings. The van der Waals surface area contributed by atoms with E-state index in [2.05, 4.69) is 9.88 Å². The standard InChI is InChI=1S/C15H22N2O3/c1-19-14(18)10-13-7-3-4-9-17(13)11-12-6-5-8-16-15(12)20-2/h5-6,8,13H,3-4,7,9-11H2,1-2H3. The lowest BCUT2D eigenvalue weighted by Crippen LogP contribution is -2.40. The highest BCUT2D eigenvalue weighted by atomic mass is 16.5. The molecule has 1 aliphatic heterocycles. The Labute approximate surface area is 119 Å². The second-order valence-corrected chi connectivity index (χ2v) is 5.07. The van der Waals surface area contributed by atoms with Gasteiger partial charge < -0.3 is 9.47 Å². The normalized spacial score (nSPS) is 19.6. The Balaban J connectivity index is 2.06. The minimum absolute atomic E-state index is 0.139. The molecule has 0 aromatic carbocycles. The van der Waals surface area contributed by atoms with Gasteiger partial charge in [-0.15, -0.1) is 0 Å². The number of carbonyl (C=O) groups is 1. The van der Waals surface area contributed by atoms with E-state index in [1.165, 1.54) is 20.0 Å². The molecule has 0 radical (unpaired) electrons. The number of rotatable bonds is 5. The molecule has 0 spiro atoms. The van der Waals surface area contributed by atoms with Crippen LogP contribution in [0.2, 0.25) is 0 Å². The summed E-state index contributed by atoms with van der Waals surface area (Å²) in [5.41, 5.74) is 1.06. The van der Waals surface area contributed by atoms with Gasteiger partial charge in [-0.3, -0.25) is 9.69 Å². The van der Waals surface area contributed by atoms with Crippen LogP contribution in [0, 0.1) is 0 Å². The number of aromatic nitrogens is 1. The second-order valence-electron chi connectivity index (χ2n) is 5.07. The van der Waals surface area contributed by atoms with Crippen molar-refractivity contribution < 1.29 is 14.3 Å². The summed E-state index contributed by atoms with van der Waals surface area (Å²) in [5, 5.41) is 0. The molecule has 0 saturated carbocycles. The van der Waals surface area contributed by atoms with E-state index in [1.807, 2.05) is 12.1 Å². The average molecular weight is 278 g/mol. The first-order chi connectivity index (χ1) is 9.74. The van der Waals surface area contributed by atoms with Crippen LogP contribution in [0.25, 0.3) is 0 Å². The molecule has 2 rings (SSSR count). The summed E-state index contributed by atoms with van der Waals surface area (Å²) in [7, 11) is 3.08. The van der Waals surface area contributed by atoms with E-state index in [0.29, 0.717) is 12.3 Å². The number of carbonyl (C=O) groups excluding carboxylic acids is 1. The highest BCUT2D eigenvalue weighted by Crippen LogP contribution is 2.24. The fraction of sp³-hybridized carbons (Fsp3) is 0.600. The molecule has 2 heterocycles. The molecule has 0 amide bonds. The first-order valence-corrected chi connectivity index (χ1v) is 7.03. The summed E-state index contributed by atoms with van der Waals surface area (Å²) in [6.07, 6.45) is 5.56. The highest BCUT2D eigenvalue weighted by molar-refractivity contribution is 5.69. The fourth-order valence-corrected chi connectivity index (χ4v) is 2.72. The Bertz CT molecular complexity index is 450. The van der Waals surface area contributed by atoms with E-state index in [1.54, 1.807) is 13.3 Å². The van der Waals surface area contributed by atoms with Crippen LogP contribution >= 0.6 is 0 Å². The minimum Gasteiger partial charge on any atom is -0.481 e. The minimum atomic E-state index is -0.139. The average Bonchev–Trinajstić information content (AvgIpc) is 2.49. The number of nitrogens with zero attached hydrogens (tertiary/aromatic N) is 2. The lowest BCUT2D eigenvalue weighted by atomic mass is 9.98. The molecule has 20 heavy (non-hydrogen) atoms. The van der Waals surface area contributed by atoms with Gasteiger partial charge in [-0.25, -0.2) is 4.98 Å². The van der Waals surface area contributed by atoms with Gasteiger partial charge in [-0.2, -0.15) is 0 Å². The molecule has 110 valence electrons. The molecule has 0 N–H and O–H groups in total. The summed E-state index contributed by atoms with van der Waals surface area (Å²) in [6.45, 7) is 1.76. The molecular formula is C15H22N2O3. The Morgan fingerprint density at radius 1 is 1.45 bits per heavy atom. The van der Waals surface area contributed by atoms with Crippen LogP contribution in [0.5, 0.6) is 5.88 Å². The van der Waals surface area contributed by atoms with Crippen LogP contribution in [0.4, 0.5) is 0 Å². The maximum atomic E-state index is 11.5. The van der Waals surface area contributed by atoms with Gasteiger partial charge >= 0.3 is 5.97 Å².